The van der Waals surface area contributed by atoms with Gasteiger partial charge in [0.25, 0.3) is 5.91 Å². The maximum Gasteiger partial charge on any atom is 0.264 e. The number of carbonyl (C=O) groups excluding carboxylic acids is 1. The monoisotopic (exact) mass is 494 g/mol. The molecule has 1 amide bonds. The molecule has 0 bridgehead atoms. The van der Waals surface area contributed by atoms with Gasteiger partial charge >= 0.3 is 0 Å². The molecular formula is C24H19BrN2O3S. The van der Waals surface area contributed by atoms with E-state index in [2.05, 4.69) is 26.2 Å². The number of ether oxygens (including phenoxy) is 2. The van der Waals surface area contributed by atoms with Crippen LogP contribution in [-0.2, 0) is 4.79 Å². The van der Waals surface area contributed by atoms with E-state index in [9.17, 15) is 4.79 Å². The molecule has 0 saturated heterocycles. The molecular weight excluding hydrogens is 476 g/mol. The van der Waals surface area contributed by atoms with Crippen molar-refractivity contribution in [2.24, 2.45) is 0 Å². The van der Waals surface area contributed by atoms with Gasteiger partial charge in [-0.15, -0.1) is 11.3 Å². The highest BCUT2D eigenvalue weighted by Gasteiger charge is 2.11. The Balaban J connectivity index is 1.36. The van der Waals surface area contributed by atoms with Gasteiger partial charge < -0.3 is 9.47 Å². The van der Waals surface area contributed by atoms with Crippen molar-refractivity contribution in [3.63, 3.8) is 0 Å². The highest BCUT2D eigenvalue weighted by Crippen LogP contribution is 2.31. The lowest BCUT2D eigenvalue weighted by atomic mass is 10.1. The van der Waals surface area contributed by atoms with Crippen LogP contribution in [0.25, 0.3) is 22.4 Å². The molecule has 0 aliphatic rings. The Morgan fingerprint density at radius 3 is 2.58 bits per heavy atom. The van der Waals surface area contributed by atoms with Crippen molar-refractivity contribution in [3.05, 3.63) is 82.6 Å². The van der Waals surface area contributed by atoms with Crippen LogP contribution in [0.4, 0.5) is 5.13 Å². The van der Waals surface area contributed by atoms with E-state index in [0.717, 1.165) is 32.6 Å². The molecule has 1 heterocycles. The number of anilines is 1. The minimum atomic E-state index is -0.273. The number of aromatic nitrogens is 1. The second kappa shape index (κ2) is 9.76. The molecule has 0 aliphatic heterocycles. The van der Waals surface area contributed by atoms with E-state index in [1.54, 1.807) is 7.11 Å². The standard InChI is InChI=1S/C24H19BrN2O3S/c1-29-19-9-5-8-18(12-19)21-15-31-24(26-21)27-23(28)14-30-22-11-10-17(13-20(22)25)16-6-3-2-4-7-16/h2-13,15H,14H2,1H3,(H,26,27,28). The molecule has 0 fully saturated rings. The van der Waals surface area contributed by atoms with E-state index < -0.39 is 0 Å². The first-order valence-corrected chi connectivity index (χ1v) is 11.2. The van der Waals surface area contributed by atoms with Gasteiger partial charge in [0, 0.05) is 10.9 Å². The average Bonchev–Trinajstić information content (AvgIpc) is 3.27. The van der Waals surface area contributed by atoms with Crippen LogP contribution in [0.5, 0.6) is 11.5 Å². The molecule has 3 aromatic carbocycles. The van der Waals surface area contributed by atoms with Crippen molar-refractivity contribution < 1.29 is 14.3 Å². The number of rotatable bonds is 7. The molecule has 0 spiro atoms. The number of carbonyl (C=O) groups is 1. The maximum atomic E-state index is 12.3. The SMILES string of the molecule is COc1cccc(-c2csc(NC(=O)COc3ccc(-c4ccccc4)cc3Br)n2)c1. The molecule has 0 unspecified atom stereocenters. The Hall–Kier alpha value is -3.16. The molecule has 1 N–H and O–H groups in total. The Morgan fingerprint density at radius 1 is 1.00 bits per heavy atom. The highest BCUT2D eigenvalue weighted by molar-refractivity contribution is 9.10. The van der Waals surface area contributed by atoms with Crippen molar-refractivity contribution >= 4 is 38.3 Å². The molecule has 0 saturated carbocycles. The summed E-state index contributed by atoms with van der Waals surface area (Å²) in [5.74, 6) is 1.09. The van der Waals surface area contributed by atoms with Gasteiger partial charge in [-0.25, -0.2) is 4.98 Å². The van der Waals surface area contributed by atoms with Crippen molar-refractivity contribution in [2.75, 3.05) is 19.0 Å². The van der Waals surface area contributed by atoms with E-state index in [0.29, 0.717) is 10.9 Å². The molecule has 7 heteroatoms. The third kappa shape index (κ3) is 5.31. The van der Waals surface area contributed by atoms with Crippen molar-refractivity contribution in [3.8, 4) is 33.9 Å². The summed E-state index contributed by atoms with van der Waals surface area (Å²) < 4.78 is 11.7. The Labute approximate surface area is 192 Å². The van der Waals surface area contributed by atoms with Crippen LogP contribution in [0.1, 0.15) is 0 Å². The van der Waals surface area contributed by atoms with Crippen LogP contribution in [0.3, 0.4) is 0 Å². The van der Waals surface area contributed by atoms with E-state index in [1.807, 2.05) is 78.2 Å². The molecule has 31 heavy (non-hydrogen) atoms. The number of benzene rings is 3. The summed E-state index contributed by atoms with van der Waals surface area (Å²) in [4.78, 5) is 16.8. The molecule has 5 nitrogen and oxygen atoms in total. The Morgan fingerprint density at radius 2 is 1.81 bits per heavy atom. The van der Waals surface area contributed by atoms with Crippen LogP contribution in [-0.4, -0.2) is 24.6 Å². The Kier molecular flexibility index (Phi) is 6.64. The smallest absolute Gasteiger partial charge is 0.264 e. The van der Waals surface area contributed by atoms with E-state index in [1.165, 1.54) is 11.3 Å². The summed E-state index contributed by atoms with van der Waals surface area (Å²) in [6.45, 7) is -0.114. The van der Waals surface area contributed by atoms with Gasteiger partial charge in [-0.05, 0) is 51.3 Å². The zero-order valence-electron chi connectivity index (χ0n) is 16.7. The van der Waals surface area contributed by atoms with Crippen molar-refractivity contribution in [1.29, 1.82) is 0 Å². The Bertz CT molecular complexity index is 1190. The van der Waals surface area contributed by atoms with Gasteiger partial charge in [0.05, 0.1) is 17.3 Å². The highest BCUT2D eigenvalue weighted by atomic mass is 79.9. The summed E-state index contributed by atoms with van der Waals surface area (Å²) in [5, 5.41) is 5.20. The molecule has 1 aromatic heterocycles. The van der Waals surface area contributed by atoms with Gasteiger partial charge in [0.15, 0.2) is 11.7 Å². The molecule has 0 aliphatic carbocycles. The zero-order chi connectivity index (χ0) is 21.6. The number of nitrogens with one attached hydrogen (secondary N) is 1. The topological polar surface area (TPSA) is 60.5 Å². The summed E-state index contributed by atoms with van der Waals surface area (Å²) in [6.07, 6.45) is 0. The number of amides is 1. The largest absolute Gasteiger partial charge is 0.497 e. The first-order valence-electron chi connectivity index (χ1n) is 9.50. The van der Waals surface area contributed by atoms with Gasteiger partial charge in [-0.3, -0.25) is 10.1 Å². The van der Waals surface area contributed by atoms with Gasteiger partial charge in [0.1, 0.15) is 11.5 Å². The minimum Gasteiger partial charge on any atom is -0.497 e. The second-order valence-corrected chi connectivity index (χ2v) is 8.33. The van der Waals surface area contributed by atoms with Gasteiger partial charge in [-0.1, -0.05) is 48.5 Å². The van der Waals surface area contributed by atoms with Crippen LogP contribution in [0, 0.1) is 0 Å². The van der Waals surface area contributed by atoms with E-state index in [-0.39, 0.29) is 12.5 Å². The number of nitrogens with zero attached hydrogens (tertiary/aromatic N) is 1. The second-order valence-electron chi connectivity index (χ2n) is 6.62. The van der Waals surface area contributed by atoms with Gasteiger partial charge in [-0.2, -0.15) is 0 Å². The first-order chi connectivity index (χ1) is 15.1. The van der Waals surface area contributed by atoms with Crippen molar-refractivity contribution in [1.82, 2.24) is 4.98 Å². The summed E-state index contributed by atoms with van der Waals surface area (Å²) in [5.41, 5.74) is 3.88. The fourth-order valence-electron chi connectivity index (χ4n) is 2.97. The third-order valence-electron chi connectivity index (χ3n) is 4.51. The number of methoxy groups -OCH3 is 1. The molecule has 4 rings (SSSR count). The number of hydrogen-bond donors (Lipinski definition) is 1. The zero-order valence-corrected chi connectivity index (χ0v) is 19.1. The predicted molar refractivity (Wildman–Crippen MR) is 128 cm³/mol. The quantitative estimate of drug-likeness (QED) is 0.329. The van der Waals surface area contributed by atoms with E-state index in [4.69, 9.17) is 9.47 Å². The molecule has 0 radical (unpaired) electrons. The molecule has 156 valence electrons. The van der Waals surface area contributed by atoms with Gasteiger partial charge in [0.2, 0.25) is 0 Å². The minimum absolute atomic E-state index is 0.114. The number of hydrogen-bond acceptors (Lipinski definition) is 5. The average molecular weight is 495 g/mol. The normalized spacial score (nSPS) is 10.5. The lowest BCUT2D eigenvalue weighted by Gasteiger charge is -2.10. The maximum absolute atomic E-state index is 12.3. The van der Waals surface area contributed by atoms with Crippen LogP contribution in [0.2, 0.25) is 0 Å². The lowest BCUT2D eigenvalue weighted by molar-refractivity contribution is -0.118. The summed E-state index contributed by atoms with van der Waals surface area (Å²) in [6, 6.07) is 23.5. The first kappa shape index (κ1) is 21.1. The fraction of sp³-hybridized carbons (Fsp3) is 0.0833. The van der Waals surface area contributed by atoms with Crippen molar-refractivity contribution in [2.45, 2.75) is 0 Å². The van der Waals surface area contributed by atoms with E-state index >= 15 is 0 Å². The van der Waals surface area contributed by atoms with Crippen LogP contribution in [0.15, 0.2) is 82.6 Å². The number of halogens is 1. The predicted octanol–water partition coefficient (Wildman–Crippen LogP) is 6.27. The third-order valence-corrected chi connectivity index (χ3v) is 5.89. The summed E-state index contributed by atoms with van der Waals surface area (Å²) >= 11 is 4.89. The van der Waals surface area contributed by atoms with Crippen LogP contribution < -0.4 is 14.8 Å². The van der Waals surface area contributed by atoms with Crippen LogP contribution >= 0.6 is 27.3 Å². The lowest BCUT2D eigenvalue weighted by Crippen LogP contribution is -2.20. The number of thiazole rings is 1. The molecule has 4 aromatic rings. The molecule has 0 atom stereocenters. The summed E-state index contributed by atoms with van der Waals surface area (Å²) in [7, 11) is 1.62. The fourth-order valence-corrected chi connectivity index (χ4v) is 4.20.